The Morgan fingerprint density at radius 2 is 2.39 bits per heavy atom. The molecule has 2 rings (SSSR count). The van der Waals surface area contributed by atoms with Crippen molar-refractivity contribution in [1.82, 2.24) is 4.90 Å². The smallest absolute Gasteiger partial charge is 0.254 e. The highest BCUT2D eigenvalue weighted by molar-refractivity contribution is 5.95. The van der Waals surface area contributed by atoms with Crippen molar-refractivity contribution >= 4 is 11.6 Å². The van der Waals surface area contributed by atoms with Crippen molar-refractivity contribution in [1.29, 1.82) is 0 Å². The molecule has 1 amide bonds. The molecule has 0 saturated carbocycles. The molecule has 1 aromatic rings. The molecule has 1 aromatic carbocycles. The summed E-state index contributed by atoms with van der Waals surface area (Å²) in [6.45, 7) is 0.703. The number of nitrogens with zero attached hydrogens (tertiary/aromatic N) is 1. The number of ether oxygens (including phenoxy) is 1. The fourth-order valence-corrected chi connectivity index (χ4v) is 2.30. The van der Waals surface area contributed by atoms with Gasteiger partial charge in [-0.2, -0.15) is 0 Å². The molecule has 5 heteroatoms. The van der Waals surface area contributed by atoms with Crippen molar-refractivity contribution < 1.29 is 14.6 Å². The zero-order chi connectivity index (χ0) is 13.1. The molecule has 0 aromatic heterocycles. The molecular formula is C13H18N2O3. The number of nitrogens with two attached hydrogens (primary N) is 1. The average Bonchev–Trinajstić information content (AvgIpc) is 2.86. The largest absolute Gasteiger partial charge is 0.495 e. The van der Waals surface area contributed by atoms with Crippen LogP contribution in [0.1, 0.15) is 23.2 Å². The maximum atomic E-state index is 12.3. The van der Waals surface area contributed by atoms with Gasteiger partial charge in [-0.05, 0) is 31.0 Å². The van der Waals surface area contributed by atoms with Crippen molar-refractivity contribution in [2.24, 2.45) is 0 Å². The molecule has 1 aliphatic heterocycles. The third-order valence-corrected chi connectivity index (χ3v) is 3.33. The van der Waals surface area contributed by atoms with E-state index in [1.54, 1.807) is 23.1 Å². The number of benzene rings is 1. The zero-order valence-corrected chi connectivity index (χ0v) is 10.4. The first-order chi connectivity index (χ1) is 8.67. The van der Waals surface area contributed by atoms with Crippen LogP contribution in [0.5, 0.6) is 5.75 Å². The molecule has 0 radical (unpaired) electrons. The Kier molecular flexibility index (Phi) is 3.72. The average molecular weight is 250 g/mol. The standard InChI is InChI=1S/C13H18N2O3/c1-18-12-7-9(4-5-11(12)14)13(17)15-6-2-3-10(15)8-16/h4-5,7,10,16H,2-3,6,8,14H2,1H3. The predicted molar refractivity (Wildman–Crippen MR) is 68.6 cm³/mol. The van der Waals surface area contributed by atoms with Crippen LogP contribution in [-0.2, 0) is 0 Å². The van der Waals surface area contributed by atoms with Gasteiger partial charge in [0.2, 0.25) is 0 Å². The maximum Gasteiger partial charge on any atom is 0.254 e. The van der Waals surface area contributed by atoms with E-state index >= 15 is 0 Å². The first-order valence-corrected chi connectivity index (χ1v) is 6.02. The van der Waals surface area contributed by atoms with Crippen LogP contribution in [0.2, 0.25) is 0 Å². The number of hydrogen-bond donors (Lipinski definition) is 2. The molecule has 1 unspecified atom stereocenters. The molecule has 5 nitrogen and oxygen atoms in total. The Balaban J connectivity index is 2.23. The fourth-order valence-electron chi connectivity index (χ4n) is 2.30. The Labute approximate surface area is 106 Å². The molecule has 1 heterocycles. The minimum atomic E-state index is -0.0788. The van der Waals surface area contributed by atoms with E-state index in [4.69, 9.17) is 10.5 Å². The van der Waals surface area contributed by atoms with Crippen LogP contribution in [0.4, 0.5) is 5.69 Å². The lowest BCUT2D eigenvalue weighted by molar-refractivity contribution is 0.0677. The number of aliphatic hydroxyl groups is 1. The molecule has 0 spiro atoms. The van der Waals surface area contributed by atoms with Gasteiger partial charge in [0.15, 0.2) is 0 Å². The summed E-state index contributed by atoms with van der Waals surface area (Å²) in [6, 6.07) is 4.93. The van der Waals surface area contributed by atoms with Crippen molar-refractivity contribution in [2.45, 2.75) is 18.9 Å². The van der Waals surface area contributed by atoms with Crippen molar-refractivity contribution in [3.05, 3.63) is 23.8 Å². The van der Waals surface area contributed by atoms with Crippen LogP contribution < -0.4 is 10.5 Å². The Bertz CT molecular complexity index is 448. The second-order valence-electron chi connectivity index (χ2n) is 4.43. The van der Waals surface area contributed by atoms with E-state index in [1.165, 1.54) is 7.11 Å². The van der Waals surface area contributed by atoms with E-state index in [0.717, 1.165) is 12.8 Å². The van der Waals surface area contributed by atoms with Crippen LogP contribution in [0, 0.1) is 0 Å². The van der Waals surface area contributed by atoms with E-state index in [2.05, 4.69) is 0 Å². The predicted octanol–water partition coefficient (Wildman–Crippen LogP) is 0.874. The Hall–Kier alpha value is -1.75. The number of anilines is 1. The third-order valence-electron chi connectivity index (χ3n) is 3.33. The topological polar surface area (TPSA) is 75.8 Å². The number of amides is 1. The van der Waals surface area contributed by atoms with Crippen LogP contribution >= 0.6 is 0 Å². The van der Waals surface area contributed by atoms with Gasteiger partial charge < -0.3 is 20.5 Å². The fraction of sp³-hybridized carbons (Fsp3) is 0.462. The lowest BCUT2D eigenvalue weighted by Gasteiger charge is -2.23. The Morgan fingerprint density at radius 3 is 3.06 bits per heavy atom. The molecular weight excluding hydrogens is 232 g/mol. The second kappa shape index (κ2) is 5.27. The van der Waals surface area contributed by atoms with Gasteiger partial charge in [-0.25, -0.2) is 0 Å². The summed E-state index contributed by atoms with van der Waals surface area (Å²) in [5.41, 5.74) is 6.77. The highest BCUT2D eigenvalue weighted by Gasteiger charge is 2.28. The second-order valence-corrected chi connectivity index (χ2v) is 4.43. The maximum absolute atomic E-state index is 12.3. The van der Waals surface area contributed by atoms with Gasteiger partial charge in [-0.3, -0.25) is 4.79 Å². The summed E-state index contributed by atoms with van der Waals surface area (Å²) in [6.07, 6.45) is 1.79. The first-order valence-electron chi connectivity index (χ1n) is 6.02. The third kappa shape index (κ3) is 2.26. The van der Waals surface area contributed by atoms with Crippen LogP contribution in [-0.4, -0.2) is 42.2 Å². The summed E-state index contributed by atoms with van der Waals surface area (Å²) in [5.74, 6) is 0.422. The van der Waals surface area contributed by atoms with E-state index in [9.17, 15) is 9.90 Å². The summed E-state index contributed by atoms with van der Waals surface area (Å²) >= 11 is 0. The number of likely N-dealkylation sites (tertiary alicyclic amines) is 1. The number of rotatable bonds is 3. The first kappa shape index (κ1) is 12.7. The summed E-state index contributed by atoms with van der Waals surface area (Å²) in [5, 5.41) is 9.24. The van der Waals surface area contributed by atoms with Gasteiger partial charge in [0, 0.05) is 12.1 Å². The van der Waals surface area contributed by atoms with Gasteiger partial charge in [0.25, 0.3) is 5.91 Å². The number of hydrogen-bond acceptors (Lipinski definition) is 4. The summed E-state index contributed by atoms with van der Waals surface area (Å²) in [4.78, 5) is 14.0. The van der Waals surface area contributed by atoms with Gasteiger partial charge in [-0.1, -0.05) is 0 Å². The highest BCUT2D eigenvalue weighted by Crippen LogP contribution is 2.25. The molecule has 3 N–H and O–H groups in total. The lowest BCUT2D eigenvalue weighted by atomic mass is 10.1. The molecule has 1 fully saturated rings. The lowest BCUT2D eigenvalue weighted by Crippen LogP contribution is -2.37. The van der Waals surface area contributed by atoms with Crippen molar-refractivity contribution in [3.63, 3.8) is 0 Å². The van der Waals surface area contributed by atoms with E-state index in [1.807, 2.05) is 0 Å². The number of carbonyl (C=O) groups excluding carboxylic acids is 1. The summed E-state index contributed by atoms with van der Waals surface area (Å²) < 4.78 is 5.11. The number of carbonyl (C=O) groups is 1. The molecule has 1 atom stereocenters. The monoisotopic (exact) mass is 250 g/mol. The number of nitrogen functional groups attached to an aromatic ring is 1. The normalized spacial score (nSPS) is 19.0. The minimum Gasteiger partial charge on any atom is -0.495 e. The van der Waals surface area contributed by atoms with Crippen LogP contribution in [0.15, 0.2) is 18.2 Å². The summed E-state index contributed by atoms with van der Waals surface area (Å²) in [7, 11) is 1.52. The van der Waals surface area contributed by atoms with E-state index in [0.29, 0.717) is 23.5 Å². The Morgan fingerprint density at radius 1 is 1.61 bits per heavy atom. The molecule has 98 valence electrons. The van der Waals surface area contributed by atoms with E-state index in [-0.39, 0.29) is 18.6 Å². The van der Waals surface area contributed by atoms with Crippen LogP contribution in [0.25, 0.3) is 0 Å². The molecule has 1 saturated heterocycles. The number of methoxy groups -OCH3 is 1. The van der Waals surface area contributed by atoms with Gasteiger partial charge in [0.1, 0.15) is 5.75 Å². The van der Waals surface area contributed by atoms with Gasteiger partial charge in [-0.15, -0.1) is 0 Å². The van der Waals surface area contributed by atoms with Crippen LogP contribution in [0.3, 0.4) is 0 Å². The molecule has 0 aliphatic carbocycles. The number of aliphatic hydroxyl groups excluding tert-OH is 1. The van der Waals surface area contributed by atoms with Crippen molar-refractivity contribution in [2.75, 3.05) is 26.0 Å². The SMILES string of the molecule is COc1cc(C(=O)N2CCCC2CO)ccc1N. The molecule has 0 bridgehead atoms. The van der Waals surface area contributed by atoms with E-state index < -0.39 is 0 Å². The molecule has 18 heavy (non-hydrogen) atoms. The quantitative estimate of drug-likeness (QED) is 0.781. The van der Waals surface area contributed by atoms with Gasteiger partial charge >= 0.3 is 0 Å². The minimum absolute atomic E-state index is 0.0118. The van der Waals surface area contributed by atoms with Crippen molar-refractivity contribution in [3.8, 4) is 5.75 Å². The zero-order valence-electron chi connectivity index (χ0n) is 10.4. The van der Waals surface area contributed by atoms with Gasteiger partial charge in [0.05, 0.1) is 25.4 Å². The molecule has 1 aliphatic rings. The highest BCUT2D eigenvalue weighted by atomic mass is 16.5.